The molecule has 0 bridgehead atoms. The highest BCUT2D eigenvalue weighted by Gasteiger charge is 2.10. The second-order valence-corrected chi connectivity index (χ2v) is 4.76. The van der Waals surface area contributed by atoms with Crippen molar-refractivity contribution in [3.05, 3.63) is 29.3 Å². The van der Waals surface area contributed by atoms with E-state index < -0.39 is 0 Å². The van der Waals surface area contributed by atoms with Crippen LogP contribution in [0.4, 0.5) is 0 Å². The Hall–Kier alpha value is -1.54. The lowest BCUT2D eigenvalue weighted by molar-refractivity contribution is 0.0322. The Balaban J connectivity index is 1.91. The molecule has 1 aromatic carbocycles. The van der Waals surface area contributed by atoms with Crippen molar-refractivity contribution in [3.63, 3.8) is 0 Å². The van der Waals surface area contributed by atoms with Crippen LogP contribution in [0.15, 0.2) is 18.2 Å². The molecule has 1 aromatic rings. The Bertz CT molecular complexity index is 484. The number of nitrogens with zero attached hydrogens (tertiary/aromatic N) is 1. The molecule has 1 saturated heterocycles. The molecule has 108 valence electrons. The van der Waals surface area contributed by atoms with Crippen LogP contribution in [0, 0.1) is 18.8 Å². The predicted octanol–water partition coefficient (Wildman–Crippen LogP) is 1.05. The second-order valence-electron chi connectivity index (χ2n) is 4.76. The highest BCUT2D eigenvalue weighted by Crippen LogP contribution is 2.19. The fraction of sp³-hybridized carbons (Fsp3) is 0.500. The number of aryl methyl sites for hydroxylation is 1. The minimum Gasteiger partial charge on any atom is -0.491 e. The summed E-state index contributed by atoms with van der Waals surface area (Å²) in [6, 6.07) is 5.93. The maximum atomic E-state index is 8.80. The maximum absolute atomic E-state index is 8.80. The van der Waals surface area contributed by atoms with Crippen molar-refractivity contribution in [1.82, 2.24) is 4.90 Å². The van der Waals surface area contributed by atoms with Crippen LogP contribution in [0.25, 0.3) is 0 Å². The molecule has 0 radical (unpaired) electrons. The summed E-state index contributed by atoms with van der Waals surface area (Å²) in [5.41, 5.74) is 1.97. The van der Waals surface area contributed by atoms with Gasteiger partial charge in [0.25, 0.3) is 0 Å². The average Bonchev–Trinajstić information content (AvgIpc) is 2.48. The van der Waals surface area contributed by atoms with Crippen LogP contribution in [0.1, 0.15) is 11.1 Å². The van der Waals surface area contributed by atoms with Crippen LogP contribution in [0.3, 0.4) is 0 Å². The van der Waals surface area contributed by atoms with Gasteiger partial charge in [0, 0.05) is 19.6 Å². The summed E-state index contributed by atoms with van der Waals surface area (Å²) < 4.78 is 11.1. The molecule has 4 heteroatoms. The van der Waals surface area contributed by atoms with Crippen molar-refractivity contribution in [3.8, 4) is 17.6 Å². The summed E-state index contributed by atoms with van der Waals surface area (Å²) in [5.74, 6) is 6.39. The highest BCUT2D eigenvalue weighted by molar-refractivity contribution is 5.48. The highest BCUT2D eigenvalue weighted by atomic mass is 16.5. The van der Waals surface area contributed by atoms with Crippen molar-refractivity contribution >= 4 is 0 Å². The maximum Gasteiger partial charge on any atom is 0.134 e. The minimum absolute atomic E-state index is 0.138. The first kappa shape index (κ1) is 14.9. The van der Waals surface area contributed by atoms with E-state index in [1.807, 2.05) is 25.1 Å². The monoisotopic (exact) mass is 275 g/mol. The van der Waals surface area contributed by atoms with E-state index in [0.29, 0.717) is 6.61 Å². The van der Waals surface area contributed by atoms with E-state index in [9.17, 15) is 0 Å². The zero-order chi connectivity index (χ0) is 14.2. The Kier molecular flexibility index (Phi) is 5.87. The number of hydrogen-bond acceptors (Lipinski definition) is 4. The molecule has 0 spiro atoms. The molecule has 4 nitrogen and oxygen atoms in total. The number of aliphatic hydroxyl groups excluding tert-OH is 1. The minimum atomic E-state index is -0.138. The summed E-state index contributed by atoms with van der Waals surface area (Å²) in [6.07, 6.45) is 0. The van der Waals surface area contributed by atoms with Crippen molar-refractivity contribution < 1.29 is 14.6 Å². The molecule has 1 heterocycles. The van der Waals surface area contributed by atoms with Crippen LogP contribution >= 0.6 is 0 Å². The SMILES string of the molecule is Cc1ccc(OCCN2CCOCC2)c(C#CCO)c1. The Labute approximate surface area is 120 Å². The van der Waals surface area contributed by atoms with E-state index in [2.05, 4.69) is 16.7 Å². The second kappa shape index (κ2) is 7.91. The molecule has 0 atom stereocenters. The smallest absolute Gasteiger partial charge is 0.134 e. The molecule has 0 aromatic heterocycles. The lowest BCUT2D eigenvalue weighted by Gasteiger charge is -2.26. The third-order valence-electron chi connectivity index (χ3n) is 3.21. The summed E-state index contributed by atoms with van der Waals surface area (Å²) in [7, 11) is 0. The van der Waals surface area contributed by atoms with E-state index in [4.69, 9.17) is 14.6 Å². The predicted molar refractivity (Wildman–Crippen MR) is 77.9 cm³/mol. The molecular weight excluding hydrogens is 254 g/mol. The van der Waals surface area contributed by atoms with E-state index in [1.54, 1.807) is 0 Å². The fourth-order valence-electron chi connectivity index (χ4n) is 2.11. The first-order valence-electron chi connectivity index (χ1n) is 6.93. The van der Waals surface area contributed by atoms with Gasteiger partial charge < -0.3 is 14.6 Å². The van der Waals surface area contributed by atoms with Gasteiger partial charge in [-0.05, 0) is 24.6 Å². The molecule has 0 unspecified atom stereocenters. The van der Waals surface area contributed by atoms with E-state index in [0.717, 1.165) is 49.7 Å². The summed E-state index contributed by atoms with van der Waals surface area (Å²) in [5, 5.41) is 8.80. The molecule has 0 amide bonds. The molecule has 0 aliphatic carbocycles. The van der Waals surface area contributed by atoms with Gasteiger partial charge in [0.05, 0.1) is 18.8 Å². The van der Waals surface area contributed by atoms with Crippen molar-refractivity contribution in [2.45, 2.75) is 6.92 Å². The molecule has 0 saturated carbocycles. The van der Waals surface area contributed by atoms with Gasteiger partial charge in [-0.3, -0.25) is 4.90 Å². The van der Waals surface area contributed by atoms with Gasteiger partial charge in [-0.1, -0.05) is 17.9 Å². The van der Waals surface area contributed by atoms with Crippen molar-refractivity contribution in [2.24, 2.45) is 0 Å². The summed E-state index contributed by atoms with van der Waals surface area (Å²) >= 11 is 0. The lowest BCUT2D eigenvalue weighted by atomic mass is 10.1. The van der Waals surface area contributed by atoms with Crippen LogP contribution in [-0.2, 0) is 4.74 Å². The van der Waals surface area contributed by atoms with Crippen LogP contribution in [-0.4, -0.2) is 56.1 Å². The van der Waals surface area contributed by atoms with Gasteiger partial charge in [-0.15, -0.1) is 0 Å². The number of aliphatic hydroxyl groups is 1. The van der Waals surface area contributed by atoms with E-state index >= 15 is 0 Å². The fourth-order valence-corrected chi connectivity index (χ4v) is 2.11. The average molecular weight is 275 g/mol. The third kappa shape index (κ3) is 4.53. The van der Waals surface area contributed by atoms with Crippen molar-refractivity contribution in [1.29, 1.82) is 0 Å². The number of benzene rings is 1. The van der Waals surface area contributed by atoms with Crippen molar-refractivity contribution in [2.75, 3.05) is 46.1 Å². The number of morpholine rings is 1. The first-order chi connectivity index (χ1) is 9.79. The van der Waals surface area contributed by atoms with Gasteiger partial charge in [-0.25, -0.2) is 0 Å². The van der Waals surface area contributed by atoms with Gasteiger partial charge in [0.1, 0.15) is 19.0 Å². The zero-order valence-electron chi connectivity index (χ0n) is 11.9. The molecule has 1 fully saturated rings. The normalized spacial score (nSPS) is 15.5. The first-order valence-corrected chi connectivity index (χ1v) is 6.93. The third-order valence-corrected chi connectivity index (χ3v) is 3.21. The lowest BCUT2D eigenvalue weighted by Crippen LogP contribution is -2.38. The number of ether oxygens (including phenoxy) is 2. The summed E-state index contributed by atoms with van der Waals surface area (Å²) in [4.78, 5) is 2.33. The quantitative estimate of drug-likeness (QED) is 0.834. The topological polar surface area (TPSA) is 41.9 Å². The Morgan fingerprint density at radius 2 is 2.15 bits per heavy atom. The zero-order valence-corrected chi connectivity index (χ0v) is 11.9. The van der Waals surface area contributed by atoms with Crippen LogP contribution in [0.2, 0.25) is 0 Å². The van der Waals surface area contributed by atoms with Gasteiger partial charge >= 0.3 is 0 Å². The largest absolute Gasteiger partial charge is 0.491 e. The number of hydrogen-bond donors (Lipinski definition) is 1. The van der Waals surface area contributed by atoms with Gasteiger partial charge in [-0.2, -0.15) is 0 Å². The van der Waals surface area contributed by atoms with Gasteiger partial charge in [0.2, 0.25) is 0 Å². The summed E-state index contributed by atoms with van der Waals surface area (Å²) in [6.45, 7) is 6.95. The van der Waals surface area contributed by atoms with Gasteiger partial charge in [0.15, 0.2) is 0 Å². The number of rotatable bonds is 4. The Morgan fingerprint density at radius 3 is 2.90 bits per heavy atom. The van der Waals surface area contributed by atoms with E-state index in [-0.39, 0.29) is 6.61 Å². The molecule has 2 rings (SSSR count). The molecule has 1 N–H and O–H groups in total. The Morgan fingerprint density at radius 1 is 1.35 bits per heavy atom. The van der Waals surface area contributed by atoms with E-state index in [1.165, 1.54) is 0 Å². The molecule has 1 aliphatic rings. The molecular formula is C16H21NO3. The standard InChI is InChI=1S/C16H21NO3/c1-14-4-5-16(15(13-14)3-2-9-18)20-12-8-17-6-10-19-11-7-17/h4-5,13,18H,6-12H2,1H3. The molecule has 20 heavy (non-hydrogen) atoms. The molecule has 1 aliphatic heterocycles. The van der Waals surface area contributed by atoms with Crippen LogP contribution in [0.5, 0.6) is 5.75 Å². The van der Waals surface area contributed by atoms with Crippen LogP contribution < -0.4 is 4.74 Å².